The number of amides is 1. The van der Waals surface area contributed by atoms with Crippen LogP contribution in [0.5, 0.6) is 0 Å². The molecule has 1 amide bonds. The quantitative estimate of drug-likeness (QED) is 0.312. The average Bonchev–Trinajstić information content (AvgIpc) is 3.69. The Morgan fingerprint density at radius 3 is 2.58 bits per heavy atom. The number of benzene rings is 2. The molecular weight excluding hydrogens is 546 g/mol. The van der Waals surface area contributed by atoms with Gasteiger partial charge in [-0.05, 0) is 48.0 Å². The van der Waals surface area contributed by atoms with Crippen molar-refractivity contribution in [3.63, 3.8) is 0 Å². The molecular formula is C29H19N5O4S2. The van der Waals surface area contributed by atoms with Gasteiger partial charge in [0.15, 0.2) is 5.65 Å². The summed E-state index contributed by atoms with van der Waals surface area (Å²) in [6.07, 6.45) is 4.63. The Kier molecular flexibility index (Phi) is 5.42. The number of aliphatic hydroxyl groups is 1. The molecule has 5 heterocycles. The summed E-state index contributed by atoms with van der Waals surface area (Å²) >= 11 is 1.36. The van der Waals surface area contributed by atoms with E-state index >= 15 is 0 Å². The molecule has 40 heavy (non-hydrogen) atoms. The predicted octanol–water partition coefficient (Wildman–Crippen LogP) is 4.65. The van der Waals surface area contributed by atoms with Crippen molar-refractivity contribution < 1.29 is 18.3 Å². The number of hydrogen-bond donors (Lipinski definition) is 2. The molecule has 0 radical (unpaired) electrons. The Labute approximate surface area is 232 Å². The zero-order chi connectivity index (χ0) is 27.5. The number of fused-ring (bicyclic) bond motifs is 2. The van der Waals surface area contributed by atoms with Gasteiger partial charge in [0.25, 0.3) is 15.9 Å². The van der Waals surface area contributed by atoms with Crippen molar-refractivity contribution in [1.29, 1.82) is 0 Å². The molecule has 6 aromatic rings. The lowest BCUT2D eigenvalue weighted by Gasteiger charge is -2.20. The standard InChI is InChI=1S/C29H19N5O4S2/c35-28-29(36,25-23(33-28)12-6-13-30-25)19-8-4-7-18(15-19)24-17-39-27(32-24)22-16-34(26-21(22)11-5-14-31-26)40(37,38)20-9-2-1-3-10-20/h1-17,36H,(H,33,35). The zero-order valence-electron chi connectivity index (χ0n) is 20.6. The van der Waals surface area contributed by atoms with Crippen molar-refractivity contribution >= 4 is 44.0 Å². The number of rotatable bonds is 5. The molecule has 196 valence electrons. The highest BCUT2D eigenvalue weighted by Gasteiger charge is 2.48. The number of nitrogens with one attached hydrogen (secondary N) is 1. The number of thiazole rings is 1. The summed E-state index contributed by atoms with van der Waals surface area (Å²) in [5.41, 5.74) is 1.37. The maximum absolute atomic E-state index is 13.5. The van der Waals surface area contributed by atoms with Gasteiger partial charge < -0.3 is 10.4 Å². The molecule has 0 bridgehead atoms. The average molecular weight is 566 g/mol. The van der Waals surface area contributed by atoms with Crippen LogP contribution in [0.15, 0.2) is 108 Å². The van der Waals surface area contributed by atoms with Crippen molar-refractivity contribution in [3.05, 3.63) is 114 Å². The molecule has 1 aliphatic heterocycles. The van der Waals surface area contributed by atoms with Crippen LogP contribution < -0.4 is 5.32 Å². The van der Waals surface area contributed by atoms with E-state index in [1.807, 2.05) is 17.5 Å². The summed E-state index contributed by atoms with van der Waals surface area (Å²) in [6, 6.07) is 22.1. The minimum Gasteiger partial charge on any atom is -0.370 e. The summed E-state index contributed by atoms with van der Waals surface area (Å²) < 4.78 is 28.1. The van der Waals surface area contributed by atoms with Crippen molar-refractivity contribution in [1.82, 2.24) is 18.9 Å². The molecule has 2 N–H and O–H groups in total. The Morgan fingerprint density at radius 2 is 1.73 bits per heavy atom. The van der Waals surface area contributed by atoms with Crippen LogP contribution in [0.3, 0.4) is 0 Å². The Bertz CT molecular complexity index is 2050. The van der Waals surface area contributed by atoms with Gasteiger partial charge in [-0.25, -0.2) is 22.4 Å². The van der Waals surface area contributed by atoms with Crippen LogP contribution in [0.1, 0.15) is 11.3 Å². The first kappa shape index (κ1) is 24.3. The summed E-state index contributed by atoms with van der Waals surface area (Å²) in [5.74, 6) is -0.572. The maximum atomic E-state index is 13.5. The smallest absolute Gasteiger partial charge is 0.269 e. The molecule has 9 nitrogen and oxygen atoms in total. The van der Waals surface area contributed by atoms with Gasteiger partial charge in [0.05, 0.1) is 16.3 Å². The van der Waals surface area contributed by atoms with Crippen molar-refractivity contribution in [2.45, 2.75) is 10.5 Å². The van der Waals surface area contributed by atoms with Gasteiger partial charge in [-0.1, -0.05) is 36.4 Å². The van der Waals surface area contributed by atoms with Crippen LogP contribution in [0.25, 0.3) is 32.9 Å². The third kappa shape index (κ3) is 3.59. The summed E-state index contributed by atoms with van der Waals surface area (Å²) in [4.78, 5) is 26.4. The fourth-order valence-electron chi connectivity index (χ4n) is 4.91. The zero-order valence-corrected chi connectivity index (χ0v) is 22.2. The monoisotopic (exact) mass is 565 g/mol. The van der Waals surface area contributed by atoms with Crippen LogP contribution in [0.2, 0.25) is 0 Å². The molecule has 0 saturated heterocycles. The molecule has 0 fully saturated rings. The second-order valence-electron chi connectivity index (χ2n) is 9.21. The summed E-state index contributed by atoms with van der Waals surface area (Å²) in [5, 5.41) is 17.3. The van der Waals surface area contributed by atoms with E-state index in [9.17, 15) is 18.3 Å². The molecule has 0 aliphatic carbocycles. The van der Waals surface area contributed by atoms with Gasteiger partial charge in [0.1, 0.15) is 10.7 Å². The van der Waals surface area contributed by atoms with Gasteiger partial charge in [-0.15, -0.1) is 11.3 Å². The molecule has 7 rings (SSSR count). The van der Waals surface area contributed by atoms with E-state index in [-0.39, 0.29) is 10.6 Å². The molecule has 11 heteroatoms. The van der Waals surface area contributed by atoms with Crippen molar-refractivity contribution in [3.8, 4) is 21.8 Å². The van der Waals surface area contributed by atoms with E-state index in [1.54, 1.807) is 79.1 Å². The van der Waals surface area contributed by atoms with E-state index < -0.39 is 21.5 Å². The van der Waals surface area contributed by atoms with Crippen molar-refractivity contribution in [2.24, 2.45) is 0 Å². The number of anilines is 1. The Balaban J connectivity index is 1.31. The van der Waals surface area contributed by atoms with Crippen molar-refractivity contribution in [2.75, 3.05) is 5.32 Å². The molecule has 1 aliphatic rings. The summed E-state index contributed by atoms with van der Waals surface area (Å²) in [6.45, 7) is 0. The van der Waals surface area contributed by atoms with E-state index in [1.165, 1.54) is 21.5 Å². The minimum absolute atomic E-state index is 0.158. The fraction of sp³-hybridized carbons (Fsp3) is 0.0345. The molecule has 1 atom stereocenters. The first-order valence-electron chi connectivity index (χ1n) is 12.2. The third-order valence-electron chi connectivity index (χ3n) is 6.87. The van der Waals surface area contributed by atoms with Gasteiger partial charge in [-0.3, -0.25) is 9.78 Å². The highest BCUT2D eigenvalue weighted by atomic mass is 32.2. The van der Waals surface area contributed by atoms with Crippen LogP contribution in [0, 0.1) is 0 Å². The van der Waals surface area contributed by atoms with Crippen LogP contribution >= 0.6 is 11.3 Å². The Morgan fingerprint density at radius 1 is 0.925 bits per heavy atom. The Hall–Kier alpha value is -4.71. The van der Waals surface area contributed by atoms with Crippen LogP contribution in [-0.2, 0) is 20.4 Å². The first-order chi connectivity index (χ1) is 19.4. The normalized spacial score (nSPS) is 16.7. The van der Waals surface area contributed by atoms with Gasteiger partial charge in [0, 0.05) is 40.5 Å². The van der Waals surface area contributed by atoms with E-state index in [0.717, 1.165) is 0 Å². The number of carbonyl (C=O) groups excluding carboxylic acids is 1. The second kappa shape index (κ2) is 8.91. The highest BCUT2D eigenvalue weighted by Crippen LogP contribution is 2.41. The first-order valence-corrected chi connectivity index (χ1v) is 14.5. The summed E-state index contributed by atoms with van der Waals surface area (Å²) in [7, 11) is -3.89. The van der Waals surface area contributed by atoms with Crippen LogP contribution in [-0.4, -0.2) is 38.4 Å². The molecule has 2 aromatic carbocycles. The fourth-order valence-corrected chi connectivity index (χ4v) is 7.10. The lowest BCUT2D eigenvalue weighted by atomic mass is 9.89. The number of aromatic nitrogens is 4. The predicted molar refractivity (Wildman–Crippen MR) is 151 cm³/mol. The second-order valence-corrected chi connectivity index (χ2v) is 11.9. The molecule has 0 spiro atoms. The number of hydrogen-bond acceptors (Lipinski definition) is 8. The van der Waals surface area contributed by atoms with Gasteiger partial charge in [0.2, 0.25) is 5.60 Å². The SMILES string of the molecule is O=C1Nc2cccnc2C1(O)c1cccc(-c2csc(-c3cn(S(=O)(=O)c4ccccc4)c4ncccc34)n2)c1. The lowest BCUT2D eigenvalue weighted by molar-refractivity contribution is -0.129. The number of carbonyl (C=O) groups is 1. The molecule has 0 saturated carbocycles. The maximum Gasteiger partial charge on any atom is 0.269 e. The number of nitrogens with zero attached hydrogens (tertiary/aromatic N) is 4. The van der Waals surface area contributed by atoms with E-state index in [0.29, 0.717) is 44.1 Å². The van der Waals surface area contributed by atoms with Gasteiger partial charge >= 0.3 is 0 Å². The molecule has 4 aromatic heterocycles. The molecule has 1 unspecified atom stereocenters. The topological polar surface area (TPSA) is 127 Å². The number of pyridine rings is 2. The van der Waals surface area contributed by atoms with E-state index in [4.69, 9.17) is 4.98 Å². The minimum atomic E-state index is -3.89. The van der Waals surface area contributed by atoms with Gasteiger partial charge in [-0.2, -0.15) is 0 Å². The van der Waals surface area contributed by atoms with Crippen LogP contribution in [0.4, 0.5) is 5.69 Å². The van der Waals surface area contributed by atoms with E-state index in [2.05, 4.69) is 15.3 Å². The lowest BCUT2D eigenvalue weighted by Crippen LogP contribution is -2.35. The highest BCUT2D eigenvalue weighted by molar-refractivity contribution is 7.90. The third-order valence-corrected chi connectivity index (χ3v) is 9.41. The largest absolute Gasteiger partial charge is 0.370 e.